The Hall–Kier alpha value is -3.54. The van der Waals surface area contributed by atoms with Gasteiger partial charge >= 0.3 is 0 Å². The molecule has 1 unspecified atom stereocenters. The third-order valence-corrected chi connectivity index (χ3v) is 9.08. The predicted molar refractivity (Wildman–Crippen MR) is 198 cm³/mol. The van der Waals surface area contributed by atoms with E-state index in [4.69, 9.17) is 30.5 Å². The van der Waals surface area contributed by atoms with Crippen LogP contribution >= 0.6 is 11.6 Å². The van der Waals surface area contributed by atoms with Crippen molar-refractivity contribution in [2.24, 2.45) is 0 Å². The standard InChI is InChI=1S/C39H53ClN4O6/c1-30-29-50-37-16-15-33(42-38(45)18-23-49-25-24-48-22-9-5-4-7-19-40)26-35(37)39(46)43(2)28-34(47-3)17-21-44(30)27-31-11-13-32(14-12-31)36-10-6-8-20-41-36/h6,8,10-16,20,26,30,34H,4-5,7,9,17-19,21-25,27-29H2,1-3H3,(H,42,45)/t30-,34?/m0/s1. The molecule has 0 fully saturated rings. The monoisotopic (exact) mass is 708 g/mol. The third kappa shape index (κ3) is 13.0. The molecule has 0 saturated carbocycles. The summed E-state index contributed by atoms with van der Waals surface area (Å²) in [5, 5.41) is 2.90. The van der Waals surface area contributed by atoms with E-state index in [1.807, 2.05) is 18.2 Å². The molecule has 2 aromatic carbocycles. The summed E-state index contributed by atoms with van der Waals surface area (Å²) in [6.45, 7) is 6.36. The number of methoxy groups -OCH3 is 1. The number of hydrogen-bond acceptors (Lipinski definition) is 8. The first kappa shape index (κ1) is 39.2. The minimum Gasteiger partial charge on any atom is -0.491 e. The van der Waals surface area contributed by atoms with Crippen LogP contribution in [0.2, 0.25) is 0 Å². The SMILES string of the molecule is COC1CCN(Cc2ccc(-c3ccccn3)cc2)[C@@H](C)COc2ccc(NC(=O)CCOCCOCCCCCCCl)cc2C(=O)N(C)C1. The van der Waals surface area contributed by atoms with E-state index in [0.29, 0.717) is 55.9 Å². The quantitative estimate of drug-likeness (QED) is 0.123. The molecular weight excluding hydrogens is 656 g/mol. The van der Waals surface area contributed by atoms with E-state index < -0.39 is 0 Å². The molecular formula is C39H53ClN4O6. The van der Waals surface area contributed by atoms with Gasteiger partial charge in [0.2, 0.25) is 5.91 Å². The van der Waals surface area contributed by atoms with Crippen molar-refractivity contribution in [1.29, 1.82) is 0 Å². The molecule has 0 saturated heterocycles. The van der Waals surface area contributed by atoms with Crippen LogP contribution in [0.15, 0.2) is 66.9 Å². The molecule has 1 aromatic heterocycles. The molecule has 10 nitrogen and oxygen atoms in total. The van der Waals surface area contributed by atoms with E-state index in [-0.39, 0.29) is 37.0 Å². The Morgan fingerprint density at radius 2 is 1.78 bits per heavy atom. The Bertz CT molecular complexity index is 1440. The molecule has 2 heterocycles. The van der Waals surface area contributed by atoms with Crippen molar-refractivity contribution in [3.63, 3.8) is 0 Å². The van der Waals surface area contributed by atoms with Crippen LogP contribution in [0.4, 0.5) is 5.69 Å². The van der Waals surface area contributed by atoms with E-state index in [0.717, 1.165) is 56.5 Å². The fraction of sp³-hybridized carbons (Fsp3) is 0.513. The number of amides is 2. The molecule has 4 rings (SSSR count). The number of hydrogen-bond donors (Lipinski definition) is 1. The van der Waals surface area contributed by atoms with Crippen LogP contribution < -0.4 is 10.1 Å². The maximum atomic E-state index is 13.7. The Balaban J connectivity index is 1.34. The summed E-state index contributed by atoms with van der Waals surface area (Å²) >= 11 is 5.70. The highest BCUT2D eigenvalue weighted by Crippen LogP contribution is 2.27. The molecule has 1 aliphatic heterocycles. The second-order valence-electron chi connectivity index (χ2n) is 12.7. The van der Waals surface area contributed by atoms with E-state index in [1.165, 1.54) is 5.56 Å². The number of alkyl halides is 1. The number of anilines is 1. The van der Waals surface area contributed by atoms with Crippen molar-refractivity contribution in [3.8, 4) is 17.0 Å². The van der Waals surface area contributed by atoms with E-state index >= 15 is 0 Å². The van der Waals surface area contributed by atoms with Crippen LogP contribution in [0.3, 0.4) is 0 Å². The van der Waals surface area contributed by atoms with Gasteiger partial charge < -0.3 is 29.2 Å². The minimum atomic E-state index is -0.197. The van der Waals surface area contributed by atoms with Gasteiger partial charge in [-0.15, -0.1) is 11.6 Å². The van der Waals surface area contributed by atoms with E-state index in [9.17, 15) is 9.59 Å². The number of carbonyl (C=O) groups is 2. The van der Waals surface area contributed by atoms with Crippen LogP contribution in [0.1, 0.15) is 61.4 Å². The van der Waals surface area contributed by atoms with Gasteiger partial charge in [0, 0.05) is 69.8 Å². The highest BCUT2D eigenvalue weighted by Gasteiger charge is 2.25. The van der Waals surface area contributed by atoms with Gasteiger partial charge in [-0.3, -0.25) is 19.5 Å². The van der Waals surface area contributed by atoms with Gasteiger partial charge in [0.25, 0.3) is 5.91 Å². The number of halogens is 1. The zero-order valence-electron chi connectivity index (χ0n) is 29.8. The van der Waals surface area contributed by atoms with Crippen LogP contribution in [-0.4, -0.2) is 105 Å². The number of likely N-dealkylation sites (N-methyl/N-ethyl adjacent to an activating group) is 1. The number of unbranched alkanes of at least 4 members (excludes halogenated alkanes) is 3. The summed E-state index contributed by atoms with van der Waals surface area (Å²) in [4.78, 5) is 34.9. The summed E-state index contributed by atoms with van der Waals surface area (Å²) in [7, 11) is 3.45. The van der Waals surface area contributed by atoms with Gasteiger partial charge in [-0.1, -0.05) is 43.2 Å². The number of nitrogens with one attached hydrogen (secondary N) is 1. The number of nitrogens with zero attached hydrogens (tertiary/aromatic N) is 3. The highest BCUT2D eigenvalue weighted by atomic mass is 35.5. The summed E-state index contributed by atoms with van der Waals surface area (Å²) in [5.74, 6) is 0.789. The molecule has 1 aliphatic rings. The van der Waals surface area contributed by atoms with Crippen molar-refractivity contribution in [2.45, 2.75) is 64.1 Å². The first-order chi connectivity index (χ1) is 24.4. The van der Waals surface area contributed by atoms with Crippen LogP contribution in [0.25, 0.3) is 11.3 Å². The zero-order chi connectivity index (χ0) is 35.6. The number of rotatable bonds is 17. The Kier molecular flexibility index (Phi) is 17.0. The molecule has 0 bridgehead atoms. The van der Waals surface area contributed by atoms with Crippen molar-refractivity contribution in [3.05, 3.63) is 78.0 Å². The van der Waals surface area contributed by atoms with E-state index in [1.54, 1.807) is 43.5 Å². The zero-order valence-corrected chi connectivity index (χ0v) is 30.5. The summed E-state index contributed by atoms with van der Waals surface area (Å²) < 4.78 is 23.3. The maximum absolute atomic E-state index is 13.7. The Morgan fingerprint density at radius 3 is 2.52 bits per heavy atom. The fourth-order valence-corrected chi connectivity index (χ4v) is 5.96. The average Bonchev–Trinajstić information content (AvgIpc) is 3.14. The Morgan fingerprint density at radius 1 is 1.00 bits per heavy atom. The van der Waals surface area contributed by atoms with Gasteiger partial charge in [0.05, 0.1) is 43.6 Å². The summed E-state index contributed by atoms with van der Waals surface area (Å²) in [5.41, 5.74) is 4.13. The normalized spacial score (nSPS) is 17.4. The number of pyridine rings is 1. The van der Waals surface area contributed by atoms with Crippen LogP contribution in [0.5, 0.6) is 5.75 Å². The van der Waals surface area contributed by atoms with Crippen molar-refractivity contribution in [2.75, 3.05) is 71.5 Å². The third-order valence-electron chi connectivity index (χ3n) is 8.81. The van der Waals surface area contributed by atoms with Gasteiger partial charge in [-0.2, -0.15) is 0 Å². The molecule has 2 atom stereocenters. The summed E-state index contributed by atoms with van der Waals surface area (Å²) in [6, 6.07) is 19.7. The first-order valence-corrected chi connectivity index (χ1v) is 18.2. The highest BCUT2D eigenvalue weighted by molar-refractivity contribution is 6.17. The van der Waals surface area contributed by atoms with Crippen LogP contribution in [0, 0.1) is 0 Å². The number of fused-ring (bicyclic) bond motifs is 1. The number of aromatic nitrogens is 1. The molecule has 1 N–H and O–H groups in total. The lowest BCUT2D eigenvalue weighted by Gasteiger charge is -2.33. The Labute approximate surface area is 302 Å². The lowest BCUT2D eigenvalue weighted by Crippen LogP contribution is -2.42. The largest absolute Gasteiger partial charge is 0.491 e. The topological polar surface area (TPSA) is 102 Å². The van der Waals surface area contributed by atoms with Gasteiger partial charge in [-0.25, -0.2) is 0 Å². The van der Waals surface area contributed by atoms with Crippen LogP contribution in [-0.2, 0) is 25.5 Å². The molecule has 50 heavy (non-hydrogen) atoms. The minimum absolute atomic E-state index is 0.0499. The second kappa shape index (κ2) is 21.6. The first-order valence-electron chi connectivity index (χ1n) is 17.7. The van der Waals surface area contributed by atoms with Crippen molar-refractivity contribution in [1.82, 2.24) is 14.8 Å². The number of carbonyl (C=O) groups excluding carboxylic acids is 2. The lowest BCUT2D eigenvalue weighted by atomic mass is 10.1. The lowest BCUT2D eigenvalue weighted by molar-refractivity contribution is -0.117. The molecule has 11 heteroatoms. The second-order valence-corrected chi connectivity index (χ2v) is 13.1. The molecule has 0 aliphatic carbocycles. The van der Waals surface area contributed by atoms with Gasteiger partial charge in [0.15, 0.2) is 0 Å². The number of ether oxygens (including phenoxy) is 4. The average molecular weight is 709 g/mol. The van der Waals surface area contributed by atoms with Gasteiger partial charge in [-0.05, 0) is 62.1 Å². The summed E-state index contributed by atoms with van der Waals surface area (Å²) in [6.07, 6.45) is 6.87. The fourth-order valence-electron chi connectivity index (χ4n) is 5.77. The molecule has 0 radical (unpaired) electrons. The predicted octanol–water partition coefficient (Wildman–Crippen LogP) is 6.67. The molecule has 3 aromatic rings. The van der Waals surface area contributed by atoms with Gasteiger partial charge in [0.1, 0.15) is 12.4 Å². The molecule has 0 spiro atoms. The van der Waals surface area contributed by atoms with Crippen molar-refractivity contribution < 1.29 is 28.5 Å². The van der Waals surface area contributed by atoms with E-state index in [2.05, 4.69) is 46.4 Å². The number of benzene rings is 2. The smallest absolute Gasteiger partial charge is 0.257 e. The molecule has 2 amide bonds. The maximum Gasteiger partial charge on any atom is 0.257 e. The van der Waals surface area contributed by atoms with Crippen molar-refractivity contribution >= 4 is 29.1 Å². The molecule has 272 valence electrons.